The molecule has 0 bridgehead atoms. The fourth-order valence-electron chi connectivity index (χ4n) is 5.49. The maximum absolute atomic E-state index is 6.04. The zero-order chi connectivity index (χ0) is 14.2. The number of ether oxygens (including phenoxy) is 1. The van der Waals surface area contributed by atoms with Crippen LogP contribution in [0.25, 0.3) is 0 Å². The van der Waals surface area contributed by atoms with Crippen LogP contribution in [0.1, 0.15) is 72.1 Å². The van der Waals surface area contributed by atoms with Crippen LogP contribution >= 0.6 is 0 Å². The van der Waals surface area contributed by atoms with Crippen molar-refractivity contribution in [3.05, 3.63) is 0 Å². The van der Waals surface area contributed by atoms with Gasteiger partial charge < -0.3 is 10.1 Å². The fourth-order valence-corrected chi connectivity index (χ4v) is 5.49. The molecule has 0 amide bonds. The Bertz CT molecular complexity index is 313. The Morgan fingerprint density at radius 1 is 1.00 bits per heavy atom. The van der Waals surface area contributed by atoms with Crippen molar-refractivity contribution in [2.45, 2.75) is 90.3 Å². The molecule has 0 aliphatic heterocycles. The number of hydrogen-bond acceptors (Lipinski definition) is 2. The summed E-state index contributed by atoms with van der Waals surface area (Å²) >= 11 is 0. The van der Waals surface area contributed by atoms with Crippen molar-refractivity contribution in [2.24, 2.45) is 17.3 Å². The summed E-state index contributed by atoms with van der Waals surface area (Å²) in [5.74, 6) is 1.80. The van der Waals surface area contributed by atoms with E-state index in [1.807, 2.05) is 0 Å². The predicted octanol–water partition coefficient (Wildman–Crippen LogP) is 4.14. The molecule has 4 atom stereocenters. The molecule has 2 nitrogen and oxygen atoms in total. The van der Waals surface area contributed by atoms with Crippen LogP contribution in [0, 0.1) is 17.3 Å². The number of hydrogen-bond donors (Lipinski definition) is 1. The van der Waals surface area contributed by atoms with E-state index in [9.17, 15) is 0 Å². The lowest BCUT2D eigenvalue weighted by Gasteiger charge is -2.55. The molecule has 0 heterocycles. The van der Waals surface area contributed by atoms with Gasteiger partial charge in [0.1, 0.15) is 0 Å². The largest absolute Gasteiger partial charge is 0.378 e. The molecule has 3 aliphatic rings. The first-order chi connectivity index (χ1) is 9.64. The van der Waals surface area contributed by atoms with Crippen molar-refractivity contribution in [2.75, 3.05) is 6.61 Å². The monoisotopic (exact) mass is 279 g/mol. The Morgan fingerprint density at radius 2 is 1.65 bits per heavy atom. The van der Waals surface area contributed by atoms with Gasteiger partial charge in [-0.3, -0.25) is 0 Å². The van der Waals surface area contributed by atoms with Crippen LogP contribution < -0.4 is 5.32 Å². The highest BCUT2D eigenvalue weighted by molar-refractivity contribution is 5.10. The van der Waals surface area contributed by atoms with Gasteiger partial charge in [0.15, 0.2) is 0 Å². The van der Waals surface area contributed by atoms with Crippen LogP contribution in [0.2, 0.25) is 0 Å². The fraction of sp³-hybridized carbons (Fsp3) is 1.00. The Hall–Kier alpha value is -0.0800. The quantitative estimate of drug-likeness (QED) is 0.835. The van der Waals surface area contributed by atoms with Crippen molar-refractivity contribution in [3.63, 3.8) is 0 Å². The lowest BCUT2D eigenvalue weighted by molar-refractivity contribution is -0.134. The van der Waals surface area contributed by atoms with Gasteiger partial charge in [-0.2, -0.15) is 0 Å². The van der Waals surface area contributed by atoms with E-state index in [0.717, 1.165) is 30.5 Å². The van der Waals surface area contributed by atoms with Crippen LogP contribution in [0.4, 0.5) is 0 Å². The van der Waals surface area contributed by atoms with Gasteiger partial charge in [0, 0.05) is 24.1 Å². The smallest absolute Gasteiger partial charge is 0.0661 e. The van der Waals surface area contributed by atoms with E-state index in [2.05, 4.69) is 26.1 Å². The maximum atomic E-state index is 6.04. The summed E-state index contributed by atoms with van der Waals surface area (Å²) in [5, 5.41) is 4.06. The molecule has 0 aromatic carbocycles. The van der Waals surface area contributed by atoms with Gasteiger partial charge in [0.05, 0.1) is 6.10 Å². The number of nitrogens with one attached hydrogen (secondary N) is 1. The maximum Gasteiger partial charge on any atom is 0.0661 e. The van der Waals surface area contributed by atoms with Crippen LogP contribution in [0.3, 0.4) is 0 Å². The molecule has 0 radical (unpaired) electrons. The third-order valence-corrected chi connectivity index (χ3v) is 6.30. The average Bonchev–Trinajstić information content (AvgIpc) is 2.88. The Labute approximate surface area is 125 Å². The van der Waals surface area contributed by atoms with Gasteiger partial charge in [-0.15, -0.1) is 0 Å². The van der Waals surface area contributed by atoms with Crippen LogP contribution in [-0.4, -0.2) is 24.8 Å². The van der Waals surface area contributed by atoms with Gasteiger partial charge in [0.25, 0.3) is 0 Å². The van der Waals surface area contributed by atoms with Gasteiger partial charge in [-0.25, -0.2) is 0 Å². The molecular formula is C18H33NO. The molecule has 3 fully saturated rings. The summed E-state index contributed by atoms with van der Waals surface area (Å²) < 4.78 is 6.04. The highest BCUT2D eigenvalue weighted by Crippen LogP contribution is 2.55. The van der Waals surface area contributed by atoms with E-state index in [-0.39, 0.29) is 0 Å². The van der Waals surface area contributed by atoms with E-state index >= 15 is 0 Å². The van der Waals surface area contributed by atoms with Crippen LogP contribution in [-0.2, 0) is 4.74 Å². The van der Waals surface area contributed by atoms with E-state index < -0.39 is 0 Å². The normalized spacial score (nSPS) is 43.6. The molecule has 20 heavy (non-hydrogen) atoms. The zero-order valence-corrected chi connectivity index (χ0v) is 13.7. The number of rotatable bonds is 4. The Kier molecular flexibility index (Phi) is 4.42. The first-order valence-electron chi connectivity index (χ1n) is 9.01. The summed E-state index contributed by atoms with van der Waals surface area (Å²) in [6.45, 7) is 7.89. The second kappa shape index (κ2) is 5.96. The molecule has 3 aliphatic carbocycles. The lowest BCUT2D eigenvalue weighted by atomic mass is 9.60. The van der Waals surface area contributed by atoms with E-state index in [4.69, 9.17) is 4.74 Å². The first-order valence-corrected chi connectivity index (χ1v) is 9.01. The zero-order valence-electron chi connectivity index (χ0n) is 13.7. The minimum Gasteiger partial charge on any atom is -0.378 e. The first kappa shape index (κ1) is 14.8. The van der Waals surface area contributed by atoms with Crippen LogP contribution in [0.5, 0.6) is 0 Å². The second-order valence-electron chi connectivity index (χ2n) is 7.95. The molecule has 1 spiro atoms. The SMILES string of the molecule is CCOC1CC(NC2CC(C)CC(C)C2)C12CCCC2. The van der Waals surface area contributed by atoms with Gasteiger partial charge in [0.2, 0.25) is 0 Å². The highest BCUT2D eigenvalue weighted by Gasteiger charge is 2.56. The van der Waals surface area contributed by atoms with Crippen LogP contribution in [0.15, 0.2) is 0 Å². The molecule has 3 rings (SSSR count). The molecule has 0 aromatic heterocycles. The topological polar surface area (TPSA) is 21.3 Å². The molecular weight excluding hydrogens is 246 g/mol. The van der Waals surface area contributed by atoms with Crippen molar-refractivity contribution in [1.82, 2.24) is 5.32 Å². The summed E-state index contributed by atoms with van der Waals surface area (Å²) in [6, 6.07) is 1.50. The van der Waals surface area contributed by atoms with E-state index in [1.165, 1.54) is 51.4 Å². The minimum absolute atomic E-state index is 0.500. The summed E-state index contributed by atoms with van der Waals surface area (Å²) in [7, 11) is 0. The minimum atomic E-state index is 0.500. The van der Waals surface area contributed by atoms with Gasteiger partial charge in [-0.05, 0) is 57.3 Å². The summed E-state index contributed by atoms with van der Waals surface area (Å²) in [5.41, 5.74) is 0.500. The summed E-state index contributed by atoms with van der Waals surface area (Å²) in [6.07, 6.45) is 11.6. The standard InChI is InChI=1S/C18H33NO/c1-4-20-17-12-16(18(17)7-5-6-8-18)19-15-10-13(2)9-14(3)11-15/h13-17,19H,4-12H2,1-3H3. The van der Waals surface area contributed by atoms with Crippen molar-refractivity contribution in [3.8, 4) is 0 Å². The van der Waals surface area contributed by atoms with Crippen molar-refractivity contribution >= 4 is 0 Å². The molecule has 0 aromatic rings. The molecule has 2 heteroatoms. The third-order valence-electron chi connectivity index (χ3n) is 6.30. The molecule has 3 saturated carbocycles. The van der Waals surface area contributed by atoms with Crippen molar-refractivity contribution in [1.29, 1.82) is 0 Å². The predicted molar refractivity (Wildman–Crippen MR) is 83.8 cm³/mol. The van der Waals surface area contributed by atoms with E-state index in [0.29, 0.717) is 11.5 Å². The lowest BCUT2D eigenvalue weighted by Crippen LogP contribution is -2.64. The molecule has 116 valence electrons. The third kappa shape index (κ3) is 2.66. The Balaban J connectivity index is 1.60. The highest BCUT2D eigenvalue weighted by atomic mass is 16.5. The van der Waals surface area contributed by atoms with E-state index in [1.54, 1.807) is 0 Å². The van der Waals surface area contributed by atoms with Crippen molar-refractivity contribution < 1.29 is 4.74 Å². The van der Waals surface area contributed by atoms with Gasteiger partial charge >= 0.3 is 0 Å². The second-order valence-corrected chi connectivity index (χ2v) is 7.95. The Morgan fingerprint density at radius 3 is 2.25 bits per heavy atom. The summed E-state index contributed by atoms with van der Waals surface area (Å²) in [4.78, 5) is 0. The van der Waals surface area contributed by atoms with Gasteiger partial charge in [-0.1, -0.05) is 26.7 Å². The molecule has 4 unspecified atom stereocenters. The molecule has 1 N–H and O–H groups in total. The molecule has 0 saturated heterocycles. The average molecular weight is 279 g/mol.